The molecular weight excluding hydrogens is 628 g/mol. The first kappa shape index (κ1) is 50.9. The van der Waals surface area contributed by atoms with Crippen LogP contribution in [-0.4, -0.2) is 102 Å². The number of carboxylic acid groups (broad SMARTS) is 2. The molecule has 0 aromatic carbocycles. The molecule has 232 valence electrons. The Kier molecular flexibility index (Phi) is 35.9. The number of thioether (sulfide) groups is 1. The normalized spacial score (nSPS) is 16.3. The van der Waals surface area contributed by atoms with Crippen molar-refractivity contribution in [3.05, 3.63) is 11.1 Å². The number of methoxy groups -OCH3 is 1. The minimum absolute atomic E-state index is 0. The first-order chi connectivity index (χ1) is 19.6. The third-order valence-electron chi connectivity index (χ3n) is 4.57. The molecule has 43 heavy (non-hydrogen) atoms. The Morgan fingerprint density at radius 2 is 1.81 bits per heavy atom. The van der Waals surface area contributed by atoms with Crippen LogP contribution in [0, 0.1) is 12.8 Å². The summed E-state index contributed by atoms with van der Waals surface area (Å²) in [7, 11) is 5.75. The number of ether oxygens (including phenoxy) is 1. The summed E-state index contributed by atoms with van der Waals surface area (Å²) in [6.45, 7) is 4.38. The zero-order valence-corrected chi connectivity index (χ0v) is 31.4. The number of thiazole rings is 1. The molecule has 0 spiro atoms. The van der Waals surface area contributed by atoms with Crippen LogP contribution in [0.15, 0.2) is 10.5 Å². The first-order valence-corrected chi connectivity index (χ1v) is 13.6. The number of carboxylic acids is 2. The molecule has 1 aliphatic carbocycles. The van der Waals surface area contributed by atoms with Crippen molar-refractivity contribution < 1.29 is 108 Å². The number of aldehydes is 1. The van der Waals surface area contributed by atoms with Crippen molar-refractivity contribution in [2.45, 2.75) is 50.1 Å². The maximum atomic E-state index is 11.2. The van der Waals surface area contributed by atoms with Crippen LogP contribution in [-0.2, 0) is 33.5 Å². The second-order valence-corrected chi connectivity index (χ2v) is 9.08. The molecule has 1 aromatic rings. The summed E-state index contributed by atoms with van der Waals surface area (Å²) in [6, 6.07) is -0.174. The number of β-lactam (4-membered cyclic amide) rings is 1. The molecule has 1 aromatic heterocycles. The van der Waals surface area contributed by atoms with Crippen LogP contribution < -0.4 is 80.4 Å². The number of hydrogen-bond donors (Lipinski definition) is 3. The van der Waals surface area contributed by atoms with Gasteiger partial charge in [0.25, 0.3) is 6.47 Å². The van der Waals surface area contributed by atoms with E-state index in [0.29, 0.717) is 31.4 Å². The third-order valence-corrected chi connectivity index (χ3v) is 6.62. The van der Waals surface area contributed by atoms with Gasteiger partial charge in [0.1, 0.15) is 17.1 Å². The molecule has 3 rings (SSSR count). The Hall–Kier alpha value is -1.72. The molecule has 15 nitrogen and oxygen atoms in total. The number of amides is 1. The minimum Gasteiger partial charge on any atom is -0.550 e. The molecule has 1 amide bonds. The minimum atomic E-state index is -1.38. The number of rotatable bonds is 11. The number of carbonyl (C=O) groups excluding carboxylic acids is 5. The van der Waals surface area contributed by atoms with Crippen molar-refractivity contribution in [1.82, 2.24) is 15.2 Å². The van der Waals surface area contributed by atoms with E-state index in [4.69, 9.17) is 20.5 Å². The van der Waals surface area contributed by atoms with Gasteiger partial charge in [-0.15, -0.1) is 35.9 Å². The number of oxime groups is 1. The zero-order valence-electron chi connectivity index (χ0n) is 25.7. The van der Waals surface area contributed by atoms with Crippen LogP contribution >= 0.6 is 23.1 Å². The van der Waals surface area contributed by atoms with E-state index in [2.05, 4.69) is 33.0 Å². The Morgan fingerprint density at radius 1 is 1.30 bits per heavy atom. The molecule has 2 heterocycles. The van der Waals surface area contributed by atoms with E-state index in [1.54, 1.807) is 19.0 Å². The van der Waals surface area contributed by atoms with Crippen LogP contribution in [0.2, 0.25) is 0 Å². The number of hydrogen-bond acceptors (Lipinski definition) is 16. The van der Waals surface area contributed by atoms with E-state index in [9.17, 15) is 29.4 Å². The average molecular weight is 666 g/mol. The van der Waals surface area contributed by atoms with Crippen LogP contribution in [0.25, 0.3) is 0 Å². The Balaban J connectivity index is -0.000000168. The summed E-state index contributed by atoms with van der Waals surface area (Å²) in [4.78, 5) is 62.1. The van der Waals surface area contributed by atoms with Gasteiger partial charge in [0, 0.05) is 31.3 Å². The van der Waals surface area contributed by atoms with Crippen LogP contribution in [0.5, 0.6) is 0 Å². The number of anilines is 1. The van der Waals surface area contributed by atoms with Crippen molar-refractivity contribution in [1.29, 1.82) is 0 Å². The number of aromatic nitrogens is 1. The molecule has 0 radical (unpaired) electrons. The maximum absolute atomic E-state index is 11.2. The van der Waals surface area contributed by atoms with Gasteiger partial charge < -0.3 is 50.4 Å². The fourth-order valence-electron chi connectivity index (χ4n) is 2.46. The molecule has 2 atom stereocenters. The SMILES string of the molecule is C#C.CC.CN[C@@H]1C(=O)N(C)[C@@H]1SCCC(=O)[O-].CO.COC=O.Nc1nc(/C(C=O)=N/OC2(C(=O)[O-])CC2)cs1.[Na+].[Na+]. The van der Waals surface area contributed by atoms with Crippen LogP contribution in [0.3, 0.4) is 0 Å². The first-order valence-electron chi connectivity index (χ1n) is 11.7. The van der Waals surface area contributed by atoms with Crippen LogP contribution in [0.4, 0.5) is 5.13 Å². The molecular formula is C24H37N5Na2O10S2. The number of aliphatic hydroxyl groups excluding tert-OH is 1. The number of carbonyl (C=O) groups is 5. The van der Waals surface area contributed by atoms with Gasteiger partial charge in [0.15, 0.2) is 22.7 Å². The molecule has 19 heteroatoms. The van der Waals surface area contributed by atoms with Gasteiger partial charge >= 0.3 is 59.1 Å². The number of aliphatic carboxylic acids is 2. The fraction of sp³-hybridized carbons (Fsp3) is 0.542. The van der Waals surface area contributed by atoms with E-state index >= 15 is 0 Å². The largest absolute Gasteiger partial charge is 1.00 e. The Morgan fingerprint density at radius 3 is 2.14 bits per heavy atom. The Labute approximate surface area is 304 Å². The molecule has 1 aliphatic heterocycles. The quantitative estimate of drug-likeness (QED) is 0.0497. The van der Waals surface area contributed by atoms with Gasteiger partial charge in [-0.2, -0.15) is 0 Å². The molecule has 2 aliphatic rings. The number of nitrogens with two attached hydrogens (primary N) is 1. The van der Waals surface area contributed by atoms with Gasteiger partial charge in [-0.3, -0.25) is 14.4 Å². The Bertz CT molecular complexity index is 995. The number of nitrogens with one attached hydrogen (secondary N) is 1. The summed E-state index contributed by atoms with van der Waals surface area (Å²) >= 11 is 2.60. The van der Waals surface area contributed by atoms with Crippen molar-refractivity contribution in [3.63, 3.8) is 0 Å². The topological polar surface area (TPSA) is 237 Å². The molecule has 1 saturated heterocycles. The standard InChI is InChI=1S/C9H9N3O4S.C8H14N2O3S.C2H4O2.C2H6.C2H2.CH4O.2Na/c10-8-11-6(4-17-8)5(3-13)12-16-9(1-2-9)7(14)15;1-9-6-7(13)10(2)8(6)14-4-3-5(11)12;1-4-2-3;3*1-2;;/h3-4H,1-2H2,(H2,10,11)(H,14,15);6,8-9H,3-4H2,1-2H3,(H,11,12);2H,1H3;1-2H3;1-2H;2H,1H3;;/q;;;;;;2*+1/p-2/b12-5+;;;;;;;/t;6-,8-;;;;;;/m.1....../s1. The van der Waals surface area contributed by atoms with Crippen molar-refractivity contribution in [3.8, 4) is 12.8 Å². The van der Waals surface area contributed by atoms with E-state index in [0.717, 1.165) is 18.4 Å². The predicted molar refractivity (Wildman–Crippen MR) is 151 cm³/mol. The number of nitrogen functional groups attached to an aromatic ring is 1. The summed E-state index contributed by atoms with van der Waals surface area (Å²) in [5, 5.41) is 36.1. The maximum Gasteiger partial charge on any atom is 1.00 e. The summed E-state index contributed by atoms with van der Waals surface area (Å²) < 4.78 is 3.86. The molecule has 1 saturated carbocycles. The average Bonchev–Trinajstić information content (AvgIpc) is 3.68. The predicted octanol–water partition coefficient (Wildman–Crippen LogP) is -8.15. The molecule has 0 bridgehead atoms. The summed E-state index contributed by atoms with van der Waals surface area (Å²) in [6.07, 6.45) is 9.10. The van der Waals surface area contributed by atoms with Crippen molar-refractivity contribution in [2.24, 2.45) is 5.16 Å². The number of terminal acetylenes is 1. The number of likely N-dealkylation sites (N-methyl/N-ethyl adjacent to an activating group) is 2. The van der Waals surface area contributed by atoms with Gasteiger partial charge in [0.2, 0.25) is 5.91 Å². The van der Waals surface area contributed by atoms with Gasteiger partial charge in [-0.25, -0.2) is 4.98 Å². The summed E-state index contributed by atoms with van der Waals surface area (Å²) in [5.41, 5.74) is 4.19. The smallest absolute Gasteiger partial charge is 0.550 e. The summed E-state index contributed by atoms with van der Waals surface area (Å²) in [5.74, 6) is -1.85. The van der Waals surface area contributed by atoms with Gasteiger partial charge in [-0.1, -0.05) is 19.0 Å². The van der Waals surface area contributed by atoms with E-state index < -0.39 is 17.5 Å². The van der Waals surface area contributed by atoms with Crippen molar-refractivity contribution >= 4 is 64.5 Å². The second-order valence-electron chi connectivity index (χ2n) is 6.97. The van der Waals surface area contributed by atoms with Crippen molar-refractivity contribution in [2.75, 3.05) is 39.8 Å². The van der Waals surface area contributed by atoms with E-state index in [-0.39, 0.29) is 99.4 Å². The molecule has 0 unspecified atom stereocenters. The van der Waals surface area contributed by atoms with Gasteiger partial charge in [0.05, 0.1) is 13.1 Å². The fourth-order valence-corrected chi connectivity index (χ4v) is 4.32. The van der Waals surface area contributed by atoms with Crippen LogP contribution in [0.1, 0.15) is 38.8 Å². The number of likely N-dealkylation sites (tertiary alicyclic amines) is 1. The van der Waals surface area contributed by atoms with E-state index in [1.807, 2.05) is 13.8 Å². The third kappa shape index (κ3) is 19.3. The van der Waals surface area contributed by atoms with E-state index in [1.165, 1.54) is 24.3 Å². The molecule has 4 N–H and O–H groups in total. The second kappa shape index (κ2) is 30.3. The number of nitrogens with zero attached hydrogens (tertiary/aromatic N) is 3. The molecule has 2 fully saturated rings. The number of aliphatic hydroxyl groups is 1. The monoisotopic (exact) mass is 665 g/mol. The zero-order chi connectivity index (χ0) is 32.6. The van der Waals surface area contributed by atoms with Gasteiger partial charge in [-0.05, 0) is 26.3 Å².